The molecule has 1 aliphatic heterocycles. The fourth-order valence-electron chi connectivity index (χ4n) is 1.70. The number of nitrogens with one attached hydrogen (secondary N) is 1. The maximum absolute atomic E-state index is 13.0. The van der Waals surface area contributed by atoms with E-state index in [4.69, 9.17) is 9.47 Å². The van der Waals surface area contributed by atoms with Crippen molar-refractivity contribution in [2.75, 3.05) is 20.3 Å². The number of hydrogen-bond donors (Lipinski definition) is 1. The maximum Gasteiger partial charge on any atom is 0.412 e. The second-order valence-corrected chi connectivity index (χ2v) is 3.93. The van der Waals surface area contributed by atoms with Crippen LogP contribution < -0.4 is 10.1 Å². The Hall–Kier alpha value is -1.92. The highest BCUT2D eigenvalue weighted by molar-refractivity contribution is 5.75. The molecule has 0 aliphatic carbocycles. The summed E-state index contributed by atoms with van der Waals surface area (Å²) in [6.07, 6.45) is -4.44. The van der Waals surface area contributed by atoms with Crippen LogP contribution in [0.25, 0.3) is 0 Å². The van der Waals surface area contributed by atoms with Gasteiger partial charge in [-0.25, -0.2) is 4.99 Å². The number of methoxy groups -OCH3 is 1. The lowest BCUT2D eigenvalue weighted by Crippen LogP contribution is -2.38. The molecular formula is C12H13F3N2O2. The van der Waals surface area contributed by atoms with Crippen LogP contribution in [-0.2, 0) is 4.74 Å². The van der Waals surface area contributed by atoms with Gasteiger partial charge >= 0.3 is 6.18 Å². The lowest BCUT2D eigenvalue weighted by Gasteiger charge is -2.22. The minimum Gasteiger partial charge on any atom is -0.497 e. The molecule has 4 nitrogen and oxygen atoms in total. The molecule has 0 saturated carbocycles. The van der Waals surface area contributed by atoms with E-state index in [0.29, 0.717) is 18.9 Å². The van der Waals surface area contributed by atoms with E-state index in [1.165, 1.54) is 31.4 Å². The van der Waals surface area contributed by atoms with Crippen molar-refractivity contribution < 1.29 is 22.6 Å². The third-order valence-corrected chi connectivity index (χ3v) is 2.63. The van der Waals surface area contributed by atoms with E-state index in [-0.39, 0.29) is 11.6 Å². The Balaban J connectivity index is 2.21. The zero-order chi connectivity index (χ0) is 13.9. The summed E-state index contributed by atoms with van der Waals surface area (Å²) in [5, 5.41) is 2.27. The van der Waals surface area contributed by atoms with Crippen LogP contribution in [0.1, 0.15) is 11.6 Å². The van der Waals surface area contributed by atoms with E-state index in [0.717, 1.165) is 0 Å². The van der Waals surface area contributed by atoms with Gasteiger partial charge in [0, 0.05) is 0 Å². The van der Waals surface area contributed by atoms with Crippen molar-refractivity contribution >= 4 is 6.02 Å². The van der Waals surface area contributed by atoms with Crippen molar-refractivity contribution in [1.29, 1.82) is 0 Å². The lowest BCUT2D eigenvalue weighted by molar-refractivity contribution is -0.154. The fraction of sp³-hybridized carbons (Fsp3) is 0.417. The Morgan fingerprint density at radius 3 is 2.47 bits per heavy atom. The first kappa shape index (κ1) is 13.5. The average Bonchev–Trinajstić information content (AvgIpc) is 2.88. The van der Waals surface area contributed by atoms with Crippen molar-refractivity contribution in [2.24, 2.45) is 4.99 Å². The van der Waals surface area contributed by atoms with E-state index >= 15 is 0 Å². The van der Waals surface area contributed by atoms with Gasteiger partial charge in [-0.2, -0.15) is 13.2 Å². The Labute approximate surface area is 108 Å². The molecular weight excluding hydrogens is 261 g/mol. The van der Waals surface area contributed by atoms with E-state index < -0.39 is 12.2 Å². The zero-order valence-electron chi connectivity index (χ0n) is 10.2. The molecule has 1 atom stereocenters. The third-order valence-electron chi connectivity index (χ3n) is 2.63. The molecule has 104 valence electrons. The Morgan fingerprint density at radius 1 is 1.32 bits per heavy atom. The van der Waals surface area contributed by atoms with Crippen molar-refractivity contribution in [3.8, 4) is 5.75 Å². The standard InChI is InChI=1S/C12H13F3N2O2/c1-18-9-4-2-8(3-5-9)10(12(13,14)15)17-11-16-6-7-19-11/h2-5,10H,6-7H2,1H3,(H,16,17). The van der Waals surface area contributed by atoms with Gasteiger partial charge in [-0.05, 0) is 17.7 Å². The first-order valence-electron chi connectivity index (χ1n) is 5.65. The van der Waals surface area contributed by atoms with Crippen LogP contribution >= 0.6 is 0 Å². The molecule has 0 radical (unpaired) electrons. The van der Waals surface area contributed by atoms with E-state index in [1.807, 2.05) is 0 Å². The maximum atomic E-state index is 13.0. The number of amidine groups is 1. The Morgan fingerprint density at radius 2 is 2.00 bits per heavy atom. The van der Waals surface area contributed by atoms with Crippen LogP contribution in [0.2, 0.25) is 0 Å². The van der Waals surface area contributed by atoms with Crippen LogP contribution in [-0.4, -0.2) is 32.5 Å². The highest BCUT2D eigenvalue weighted by Gasteiger charge is 2.42. The number of benzene rings is 1. The topological polar surface area (TPSA) is 42.8 Å². The first-order valence-corrected chi connectivity index (χ1v) is 5.65. The van der Waals surface area contributed by atoms with Gasteiger partial charge in [0.05, 0.1) is 13.7 Å². The predicted molar refractivity (Wildman–Crippen MR) is 63.2 cm³/mol. The predicted octanol–water partition coefficient (Wildman–Crippen LogP) is 2.27. The molecule has 0 fully saturated rings. The van der Waals surface area contributed by atoms with Gasteiger partial charge in [-0.3, -0.25) is 0 Å². The van der Waals surface area contributed by atoms with Crippen molar-refractivity contribution in [3.05, 3.63) is 29.8 Å². The van der Waals surface area contributed by atoms with E-state index in [9.17, 15) is 13.2 Å². The normalized spacial score (nSPS) is 16.5. The molecule has 0 aromatic heterocycles. The molecule has 1 aliphatic rings. The second-order valence-electron chi connectivity index (χ2n) is 3.93. The molecule has 1 unspecified atom stereocenters. The summed E-state index contributed by atoms with van der Waals surface area (Å²) in [5.74, 6) is 0.499. The number of ether oxygens (including phenoxy) is 2. The fourth-order valence-corrected chi connectivity index (χ4v) is 1.70. The number of aliphatic imine (C=N–C) groups is 1. The number of rotatable bonds is 3. The first-order chi connectivity index (χ1) is 9.00. The largest absolute Gasteiger partial charge is 0.497 e. The molecule has 0 spiro atoms. The minimum absolute atomic E-state index is 0.0712. The highest BCUT2D eigenvalue weighted by atomic mass is 19.4. The number of hydrogen-bond acceptors (Lipinski definition) is 4. The van der Waals surface area contributed by atoms with Crippen LogP contribution in [0.4, 0.5) is 13.2 Å². The van der Waals surface area contributed by atoms with Crippen molar-refractivity contribution in [1.82, 2.24) is 5.32 Å². The molecule has 1 heterocycles. The summed E-state index contributed by atoms with van der Waals surface area (Å²) in [6, 6.07) is 3.76. The van der Waals surface area contributed by atoms with E-state index in [1.54, 1.807) is 0 Å². The SMILES string of the molecule is COc1ccc(C(NC2=NCCO2)C(F)(F)F)cc1. The molecule has 1 aromatic rings. The van der Waals surface area contributed by atoms with Gasteiger partial charge in [0.15, 0.2) is 6.04 Å². The van der Waals surface area contributed by atoms with Crippen LogP contribution in [0, 0.1) is 0 Å². The van der Waals surface area contributed by atoms with Gasteiger partial charge in [0.25, 0.3) is 6.02 Å². The zero-order valence-corrected chi connectivity index (χ0v) is 10.2. The Kier molecular flexibility index (Phi) is 3.82. The van der Waals surface area contributed by atoms with E-state index in [2.05, 4.69) is 10.3 Å². The molecule has 1 N–H and O–H groups in total. The van der Waals surface area contributed by atoms with Gasteiger partial charge < -0.3 is 14.8 Å². The Bertz CT molecular complexity index is 457. The van der Waals surface area contributed by atoms with Gasteiger partial charge in [-0.1, -0.05) is 12.1 Å². The summed E-state index contributed by atoms with van der Waals surface area (Å²) in [7, 11) is 1.45. The number of halogens is 3. The molecule has 19 heavy (non-hydrogen) atoms. The van der Waals surface area contributed by atoms with Crippen LogP contribution in [0.15, 0.2) is 29.3 Å². The van der Waals surface area contributed by atoms with Crippen LogP contribution in [0.3, 0.4) is 0 Å². The summed E-state index contributed by atoms with van der Waals surface area (Å²) in [5.41, 5.74) is 0.0755. The summed E-state index contributed by atoms with van der Waals surface area (Å²) in [6.45, 7) is 0.672. The number of nitrogens with zero attached hydrogens (tertiary/aromatic N) is 1. The second kappa shape index (κ2) is 5.38. The highest BCUT2D eigenvalue weighted by Crippen LogP contribution is 2.33. The molecule has 0 amide bonds. The molecule has 0 bridgehead atoms. The summed E-state index contributed by atoms with van der Waals surface area (Å²) >= 11 is 0. The lowest BCUT2D eigenvalue weighted by atomic mass is 10.1. The van der Waals surface area contributed by atoms with Crippen molar-refractivity contribution in [3.63, 3.8) is 0 Å². The van der Waals surface area contributed by atoms with Gasteiger partial charge in [-0.15, -0.1) is 0 Å². The third kappa shape index (κ3) is 3.30. The quantitative estimate of drug-likeness (QED) is 0.919. The summed E-state index contributed by atoms with van der Waals surface area (Å²) < 4.78 is 49.0. The molecule has 2 rings (SSSR count). The molecule has 0 saturated heterocycles. The van der Waals surface area contributed by atoms with Crippen molar-refractivity contribution in [2.45, 2.75) is 12.2 Å². The molecule has 7 heteroatoms. The minimum atomic E-state index is -4.44. The number of alkyl halides is 3. The summed E-state index contributed by atoms with van der Waals surface area (Å²) in [4.78, 5) is 3.81. The smallest absolute Gasteiger partial charge is 0.412 e. The molecule has 1 aromatic carbocycles. The van der Waals surface area contributed by atoms with Gasteiger partial charge in [0.2, 0.25) is 0 Å². The average molecular weight is 274 g/mol. The van der Waals surface area contributed by atoms with Gasteiger partial charge in [0.1, 0.15) is 12.4 Å². The van der Waals surface area contributed by atoms with Crippen LogP contribution in [0.5, 0.6) is 5.75 Å². The monoisotopic (exact) mass is 274 g/mol.